The lowest BCUT2D eigenvalue weighted by Gasteiger charge is -2.52. The Labute approximate surface area is 146 Å². The minimum absolute atomic E-state index is 0.0371. The maximum Gasteiger partial charge on any atom is 0.407 e. The fourth-order valence-electron chi connectivity index (χ4n) is 4.11. The average molecular weight is 352 g/mol. The summed E-state index contributed by atoms with van der Waals surface area (Å²) in [6.07, 6.45) is 0.0349. The number of likely N-dealkylation sites (tertiary alicyclic amines) is 1. The molecule has 1 fully saturated rings. The van der Waals surface area contributed by atoms with Crippen LogP contribution in [0.5, 0.6) is 5.75 Å². The number of carbonyl (C=O) groups is 2. The van der Waals surface area contributed by atoms with Crippen molar-refractivity contribution >= 4 is 23.5 Å². The maximum absolute atomic E-state index is 13.2. The normalized spacial score (nSPS) is 22.9. The van der Waals surface area contributed by atoms with Crippen molar-refractivity contribution in [2.45, 2.75) is 39.2 Å². The highest BCUT2D eigenvalue weighted by Gasteiger charge is 2.56. The highest BCUT2D eigenvalue weighted by Crippen LogP contribution is 2.51. The summed E-state index contributed by atoms with van der Waals surface area (Å²) in [6, 6.07) is 5.22. The summed E-state index contributed by atoms with van der Waals surface area (Å²) in [6.45, 7) is 6.79. The molecular formula is C18H22ClNO4. The van der Waals surface area contributed by atoms with Gasteiger partial charge in [0.05, 0.1) is 16.5 Å². The van der Waals surface area contributed by atoms with E-state index in [2.05, 4.69) is 0 Å². The topological polar surface area (TPSA) is 66.8 Å². The van der Waals surface area contributed by atoms with E-state index < -0.39 is 11.7 Å². The summed E-state index contributed by atoms with van der Waals surface area (Å²) >= 11 is 6.27. The number of halogens is 1. The minimum Gasteiger partial charge on any atom is -0.484 e. The fraction of sp³-hybridized carbons (Fsp3) is 0.556. The molecule has 1 atom stereocenters. The summed E-state index contributed by atoms with van der Waals surface area (Å²) < 4.78 is 6.36. The predicted molar refractivity (Wildman–Crippen MR) is 90.9 cm³/mol. The van der Waals surface area contributed by atoms with E-state index in [9.17, 15) is 14.7 Å². The maximum atomic E-state index is 13.2. The Kier molecular flexibility index (Phi) is 4.03. The average Bonchev–Trinajstić information content (AvgIpc) is 2.48. The third-order valence-electron chi connectivity index (χ3n) is 5.07. The Morgan fingerprint density at radius 3 is 2.50 bits per heavy atom. The van der Waals surface area contributed by atoms with Crippen LogP contribution >= 0.6 is 11.6 Å². The fourth-order valence-corrected chi connectivity index (χ4v) is 4.33. The molecule has 1 unspecified atom stereocenters. The van der Waals surface area contributed by atoms with Crippen LogP contribution in [0.15, 0.2) is 18.2 Å². The van der Waals surface area contributed by atoms with Crippen LogP contribution in [-0.2, 0) is 0 Å². The quantitative estimate of drug-likeness (QED) is 0.764. The zero-order valence-electron chi connectivity index (χ0n) is 14.1. The number of carbonyl (C=O) groups excluding carboxylic acids is 1. The number of amides is 1. The zero-order chi connectivity index (χ0) is 17.7. The highest BCUT2D eigenvalue weighted by atomic mass is 35.5. The number of nitrogens with zero attached hydrogens (tertiary/aromatic N) is 1. The molecule has 0 bridgehead atoms. The van der Waals surface area contributed by atoms with Gasteiger partial charge < -0.3 is 14.7 Å². The number of piperidine rings is 1. The van der Waals surface area contributed by atoms with E-state index in [1.807, 2.05) is 20.8 Å². The van der Waals surface area contributed by atoms with Gasteiger partial charge in [-0.3, -0.25) is 4.79 Å². The molecule has 1 spiro atoms. The van der Waals surface area contributed by atoms with E-state index in [0.717, 1.165) is 0 Å². The Morgan fingerprint density at radius 1 is 1.33 bits per heavy atom. The number of ketones is 1. The second-order valence-corrected chi connectivity index (χ2v) is 8.12. The Morgan fingerprint density at radius 2 is 1.96 bits per heavy atom. The van der Waals surface area contributed by atoms with Crippen LogP contribution in [0.1, 0.15) is 44.0 Å². The van der Waals surface area contributed by atoms with Gasteiger partial charge in [-0.25, -0.2) is 4.79 Å². The van der Waals surface area contributed by atoms with Gasteiger partial charge in [0.15, 0.2) is 5.78 Å². The van der Waals surface area contributed by atoms with Crippen LogP contribution in [0.25, 0.3) is 0 Å². The third-order valence-corrected chi connectivity index (χ3v) is 5.37. The number of rotatable bonds is 0. The van der Waals surface area contributed by atoms with Gasteiger partial charge in [0.25, 0.3) is 0 Å². The van der Waals surface area contributed by atoms with E-state index in [4.69, 9.17) is 16.3 Å². The standard InChI is InChI=1S/C18H22ClNO4/c1-17(2,3)15-13(21)11-5-4-6-12(19)14(11)24-18(15)7-9-20(10-8-18)16(22)23/h4-6,15H,7-10H2,1-3H3,(H,22,23). The lowest BCUT2D eigenvalue weighted by atomic mass is 9.62. The number of ether oxygens (including phenoxy) is 1. The smallest absolute Gasteiger partial charge is 0.407 e. The first-order valence-electron chi connectivity index (χ1n) is 8.15. The van der Waals surface area contributed by atoms with Crippen molar-refractivity contribution in [1.82, 2.24) is 4.90 Å². The third kappa shape index (κ3) is 2.65. The van der Waals surface area contributed by atoms with Crippen LogP contribution in [0.4, 0.5) is 4.79 Å². The van der Waals surface area contributed by atoms with Crippen molar-refractivity contribution in [1.29, 1.82) is 0 Å². The molecule has 24 heavy (non-hydrogen) atoms. The van der Waals surface area contributed by atoms with Crippen LogP contribution in [-0.4, -0.2) is 40.6 Å². The van der Waals surface area contributed by atoms with E-state index in [-0.39, 0.29) is 17.1 Å². The lowest BCUT2D eigenvalue weighted by molar-refractivity contribution is -0.0695. The molecule has 1 N–H and O–H groups in total. The largest absolute Gasteiger partial charge is 0.484 e. The summed E-state index contributed by atoms with van der Waals surface area (Å²) in [5.41, 5.74) is -0.490. The molecule has 130 valence electrons. The highest BCUT2D eigenvalue weighted by molar-refractivity contribution is 6.32. The van der Waals surface area contributed by atoms with Gasteiger partial charge in [-0.2, -0.15) is 0 Å². The molecule has 2 aliphatic rings. The summed E-state index contributed by atoms with van der Waals surface area (Å²) in [5, 5.41) is 9.63. The van der Waals surface area contributed by atoms with Crippen LogP contribution in [0.2, 0.25) is 5.02 Å². The molecule has 2 aliphatic heterocycles. The van der Waals surface area contributed by atoms with Crippen molar-refractivity contribution in [3.05, 3.63) is 28.8 Å². The second kappa shape index (κ2) is 5.66. The molecule has 0 radical (unpaired) electrons. The van der Waals surface area contributed by atoms with Gasteiger partial charge in [-0.15, -0.1) is 0 Å². The molecule has 0 aliphatic carbocycles. The van der Waals surface area contributed by atoms with Gasteiger partial charge >= 0.3 is 6.09 Å². The zero-order valence-corrected chi connectivity index (χ0v) is 14.9. The lowest BCUT2D eigenvalue weighted by Crippen LogP contribution is -2.60. The van der Waals surface area contributed by atoms with Crippen LogP contribution < -0.4 is 4.74 Å². The van der Waals surface area contributed by atoms with Gasteiger partial charge in [0, 0.05) is 25.9 Å². The van der Waals surface area contributed by atoms with Crippen molar-refractivity contribution in [3.63, 3.8) is 0 Å². The van der Waals surface area contributed by atoms with Crippen LogP contribution in [0.3, 0.4) is 0 Å². The number of para-hydroxylation sites is 1. The number of hydrogen-bond acceptors (Lipinski definition) is 3. The molecule has 0 aromatic heterocycles. The number of hydrogen-bond donors (Lipinski definition) is 1. The SMILES string of the molecule is CC(C)(C)C1C(=O)c2cccc(Cl)c2OC12CCN(C(=O)O)CC2. The van der Waals surface area contributed by atoms with Gasteiger partial charge in [0.1, 0.15) is 11.4 Å². The molecule has 6 heteroatoms. The monoisotopic (exact) mass is 351 g/mol. The predicted octanol–water partition coefficient (Wildman–Crippen LogP) is 4.09. The minimum atomic E-state index is -0.933. The summed E-state index contributed by atoms with van der Waals surface area (Å²) in [7, 11) is 0. The van der Waals surface area contributed by atoms with E-state index >= 15 is 0 Å². The van der Waals surface area contributed by atoms with Gasteiger partial charge in [0.2, 0.25) is 0 Å². The Bertz CT molecular complexity index is 687. The first-order chi connectivity index (χ1) is 11.2. The summed E-state index contributed by atoms with van der Waals surface area (Å²) in [4.78, 5) is 25.8. The molecule has 1 aromatic rings. The number of fused-ring (bicyclic) bond motifs is 1. The number of Topliss-reactive ketones (excluding diaryl/α,β-unsaturated/α-hetero) is 1. The van der Waals surface area contributed by atoms with Gasteiger partial charge in [-0.1, -0.05) is 38.4 Å². The van der Waals surface area contributed by atoms with Crippen molar-refractivity contribution in [2.24, 2.45) is 11.3 Å². The molecule has 0 saturated carbocycles. The van der Waals surface area contributed by atoms with E-state index in [1.165, 1.54) is 4.90 Å². The molecule has 1 amide bonds. The Balaban J connectivity index is 2.06. The second-order valence-electron chi connectivity index (χ2n) is 7.72. The van der Waals surface area contributed by atoms with Gasteiger partial charge in [-0.05, 0) is 17.5 Å². The molecular weight excluding hydrogens is 330 g/mol. The molecule has 2 heterocycles. The molecule has 1 saturated heterocycles. The summed E-state index contributed by atoms with van der Waals surface area (Å²) in [5.74, 6) is 0.135. The first kappa shape index (κ1) is 17.1. The van der Waals surface area contributed by atoms with Crippen molar-refractivity contribution in [3.8, 4) is 5.75 Å². The van der Waals surface area contributed by atoms with Crippen molar-refractivity contribution < 1.29 is 19.4 Å². The molecule has 5 nitrogen and oxygen atoms in total. The van der Waals surface area contributed by atoms with Crippen LogP contribution in [0, 0.1) is 11.3 Å². The van der Waals surface area contributed by atoms with E-state index in [1.54, 1.807) is 18.2 Å². The molecule has 1 aromatic carbocycles. The number of carboxylic acid groups (broad SMARTS) is 1. The van der Waals surface area contributed by atoms with Crippen molar-refractivity contribution in [2.75, 3.05) is 13.1 Å². The number of benzene rings is 1. The molecule has 3 rings (SSSR count). The Hall–Kier alpha value is -1.75. The van der Waals surface area contributed by atoms with E-state index in [0.29, 0.717) is 42.3 Å². The first-order valence-corrected chi connectivity index (χ1v) is 8.53.